The minimum atomic E-state index is -0.688. The van der Waals surface area contributed by atoms with E-state index in [1.807, 2.05) is 0 Å². The van der Waals surface area contributed by atoms with Crippen LogP contribution in [0.5, 0.6) is 11.5 Å². The first-order valence-corrected chi connectivity index (χ1v) is 5.60. The number of benzene rings is 2. The highest BCUT2D eigenvalue weighted by atomic mass is 16.6. The molecule has 7 heteroatoms. The highest BCUT2D eigenvalue weighted by Gasteiger charge is 2.21. The fourth-order valence-corrected chi connectivity index (χ4v) is 1.69. The summed E-state index contributed by atoms with van der Waals surface area (Å²) in [4.78, 5) is 21.6. The molecular formula is C13H11N3O4. The number of nitro groups is 1. The number of nitrogens with zero attached hydrogens (tertiary/aromatic N) is 1. The number of ether oxygens (including phenoxy) is 1. The lowest BCUT2D eigenvalue weighted by molar-refractivity contribution is -0.384. The molecule has 0 aromatic heterocycles. The van der Waals surface area contributed by atoms with E-state index < -0.39 is 10.8 Å². The van der Waals surface area contributed by atoms with Crippen molar-refractivity contribution >= 4 is 17.3 Å². The maximum Gasteiger partial charge on any atom is 0.334 e. The Labute approximate surface area is 113 Å². The zero-order valence-electron chi connectivity index (χ0n) is 10.3. The molecule has 7 nitrogen and oxygen atoms in total. The quantitative estimate of drug-likeness (QED) is 0.501. The average molecular weight is 273 g/mol. The third-order valence-corrected chi connectivity index (χ3v) is 2.59. The number of primary amides is 1. The third kappa shape index (κ3) is 2.51. The summed E-state index contributed by atoms with van der Waals surface area (Å²) >= 11 is 0. The highest BCUT2D eigenvalue weighted by Crippen LogP contribution is 2.36. The first-order chi connectivity index (χ1) is 9.50. The van der Waals surface area contributed by atoms with E-state index in [2.05, 4.69) is 0 Å². The summed E-state index contributed by atoms with van der Waals surface area (Å²) in [5.74, 6) is -0.607. The first-order valence-electron chi connectivity index (χ1n) is 5.60. The molecule has 0 saturated carbocycles. The highest BCUT2D eigenvalue weighted by molar-refractivity contribution is 5.95. The van der Waals surface area contributed by atoms with Crippen molar-refractivity contribution in [1.82, 2.24) is 0 Å². The summed E-state index contributed by atoms with van der Waals surface area (Å²) < 4.78 is 5.42. The molecule has 2 rings (SSSR count). The molecule has 0 aliphatic heterocycles. The van der Waals surface area contributed by atoms with Gasteiger partial charge in [0.1, 0.15) is 11.4 Å². The Morgan fingerprint density at radius 2 is 1.75 bits per heavy atom. The number of carbonyl (C=O) groups is 1. The number of amides is 1. The standard InChI is InChI=1S/C13H11N3O4/c14-9-5-3-7-11(12(9)16(18)19)20-10-6-2-1-4-8(10)13(15)17/h1-7H,14H2,(H2,15,17). The van der Waals surface area contributed by atoms with Crippen LogP contribution >= 0.6 is 0 Å². The molecule has 0 heterocycles. The SMILES string of the molecule is NC(=O)c1ccccc1Oc1cccc(N)c1[N+](=O)[O-]. The van der Waals surface area contributed by atoms with E-state index in [0.717, 1.165) is 0 Å². The number of carbonyl (C=O) groups excluding carboxylic acids is 1. The topological polar surface area (TPSA) is 121 Å². The Morgan fingerprint density at radius 3 is 2.40 bits per heavy atom. The van der Waals surface area contributed by atoms with E-state index in [1.165, 1.54) is 30.3 Å². The summed E-state index contributed by atoms with van der Waals surface area (Å²) in [6.45, 7) is 0. The van der Waals surface area contributed by atoms with Crippen LogP contribution < -0.4 is 16.2 Å². The van der Waals surface area contributed by atoms with Gasteiger partial charge >= 0.3 is 5.69 Å². The Hall–Kier alpha value is -3.09. The first kappa shape index (κ1) is 13.3. The molecule has 0 radical (unpaired) electrons. The fourth-order valence-electron chi connectivity index (χ4n) is 1.69. The molecule has 0 bridgehead atoms. The van der Waals surface area contributed by atoms with Crippen molar-refractivity contribution in [1.29, 1.82) is 0 Å². The molecule has 2 aromatic carbocycles. The van der Waals surface area contributed by atoms with Crippen LogP contribution in [-0.2, 0) is 0 Å². The summed E-state index contributed by atoms with van der Waals surface area (Å²) in [7, 11) is 0. The van der Waals surface area contributed by atoms with E-state index in [9.17, 15) is 14.9 Å². The van der Waals surface area contributed by atoms with E-state index >= 15 is 0 Å². The predicted molar refractivity (Wildman–Crippen MR) is 72.5 cm³/mol. The lowest BCUT2D eigenvalue weighted by atomic mass is 10.2. The van der Waals surface area contributed by atoms with Gasteiger partial charge in [-0.1, -0.05) is 18.2 Å². The van der Waals surface area contributed by atoms with Gasteiger partial charge in [0.15, 0.2) is 0 Å². The third-order valence-electron chi connectivity index (χ3n) is 2.59. The molecule has 0 aliphatic rings. The van der Waals surface area contributed by atoms with Gasteiger partial charge < -0.3 is 16.2 Å². The number of nitrogen functional groups attached to an aromatic ring is 1. The second-order valence-electron chi connectivity index (χ2n) is 3.91. The van der Waals surface area contributed by atoms with Gasteiger partial charge in [-0.05, 0) is 24.3 Å². The molecule has 2 aromatic rings. The van der Waals surface area contributed by atoms with E-state index in [0.29, 0.717) is 0 Å². The maximum absolute atomic E-state index is 11.3. The molecule has 0 atom stereocenters. The molecule has 0 spiro atoms. The summed E-state index contributed by atoms with van der Waals surface area (Å²) in [6, 6.07) is 10.5. The molecule has 102 valence electrons. The molecule has 4 N–H and O–H groups in total. The molecule has 20 heavy (non-hydrogen) atoms. The van der Waals surface area contributed by atoms with Crippen LogP contribution in [0.1, 0.15) is 10.4 Å². The molecule has 0 fully saturated rings. The van der Waals surface area contributed by atoms with Crippen LogP contribution in [0.25, 0.3) is 0 Å². The van der Waals surface area contributed by atoms with Crippen molar-refractivity contribution in [3.05, 3.63) is 58.1 Å². The minimum Gasteiger partial charge on any atom is -0.449 e. The normalized spacial score (nSPS) is 10.0. The second-order valence-corrected chi connectivity index (χ2v) is 3.91. The maximum atomic E-state index is 11.3. The van der Waals surface area contributed by atoms with E-state index in [4.69, 9.17) is 16.2 Å². The van der Waals surface area contributed by atoms with E-state index in [1.54, 1.807) is 12.1 Å². The molecule has 0 saturated heterocycles. The van der Waals surface area contributed by atoms with Crippen molar-refractivity contribution < 1.29 is 14.5 Å². The van der Waals surface area contributed by atoms with Gasteiger partial charge in [-0.15, -0.1) is 0 Å². The number of hydrogen-bond acceptors (Lipinski definition) is 5. The fraction of sp³-hybridized carbons (Fsp3) is 0. The number of nitro benzene ring substituents is 1. The zero-order chi connectivity index (χ0) is 14.7. The average Bonchev–Trinajstić information content (AvgIpc) is 2.38. The monoisotopic (exact) mass is 273 g/mol. The van der Waals surface area contributed by atoms with Crippen LogP contribution in [0.3, 0.4) is 0 Å². The number of anilines is 1. The summed E-state index contributed by atoms with van der Waals surface area (Å²) in [5.41, 5.74) is 10.5. The van der Waals surface area contributed by atoms with Crippen LogP contribution in [0.2, 0.25) is 0 Å². The zero-order valence-corrected chi connectivity index (χ0v) is 10.3. The molecular weight excluding hydrogens is 262 g/mol. The minimum absolute atomic E-state index is 0.0240. The van der Waals surface area contributed by atoms with E-state index in [-0.39, 0.29) is 28.4 Å². The van der Waals surface area contributed by atoms with Gasteiger partial charge in [-0.25, -0.2) is 0 Å². The van der Waals surface area contributed by atoms with Gasteiger partial charge in [0.05, 0.1) is 10.5 Å². The molecule has 0 aliphatic carbocycles. The lowest BCUT2D eigenvalue weighted by Crippen LogP contribution is -2.12. The van der Waals surface area contributed by atoms with Crippen molar-refractivity contribution in [2.75, 3.05) is 5.73 Å². The van der Waals surface area contributed by atoms with Crippen molar-refractivity contribution in [2.45, 2.75) is 0 Å². The Morgan fingerprint density at radius 1 is 1.10 bits per heavy atom. The second kappa shape index (κ2) is 5.27. The summed E-state index contributed by atoms with van der Waals surface area (Å²) in [5, 5.41) is 11.0. The van der Waals surface area contributed by atoms with Crippen molar-refractivity contribution in [2.24, 2.45) is 5.73 Å². The lowest BCUT2D eigenvalue weighted by Gasteiger charge is -2.10. The summed E-state index contributed by atoms with van der Waals surface area (Å²) in [6.07, 6.45) is 0. The largest absolute Gasteiger partial charge is 0.449 e. The Kier molecular flexibility index (Phi) is 3.52. The van der Waals surface area contributed by atoms with Gasteiger partial charge in [0.25, 0.3) is 5.91 Å². The molecule has 0 unspecified atom stereocenters. The van der Waals surface area contributed by atoms with Crippen LogP contribution in [-0.4, -0.2) is 10.8 Å². The van der Waals surface area contributed by atoms with Gasteiger partial charge in [0, 0.05) is 0 Å². The number of hydrogen-bond donors (Lipinski definition) is 2. The number of para-hydroxylation sites is 2. The number of rotatable bonds is 4. The Bertz CT molecular complexity index is 685. The van der Waals surface area contributed by atoms with Crippen LogP contribution in [0, 0.1) is 10.1 Å². The van der Waals surface area contributed by atoms with Crippen molar-refractivity contribution in [3.8, 4) is 11.5 Å². The van der Waals surface area contributed by atoms with Crippen LogP contribution in [0.15, 0.2) is 42.5 Å². The Balaban J connectivity index is 2.49. The molecule has 1 amide bonds. The smallest absolute Gasteiger partial charge is 0.334 e. The van der Waals surface area contributed by atoms with Crippen LogP contribution in [0.4, 0.5) is 11.4 Å². The predicted octanol–water partition coefficient (Wildman–Crippen LogP) is 2.07. The number of nitrogens with two attached hydrogens (primary N) is 2. The van der Waals surface area contributed by atoms with Crippen molar-refractivity contribution in [3.63, 3.8) is 0 Å². The van der Waals surface area contributed by atoms with Gasteiger partial charge in [0.2, 0.25) is 5.75 Å². The van der Waals surface area contributed by atoms with Gasteiger partial charge in [-0.2, -0.15) is 0 Å². The van der Waals surface area contributed by atoms with Gasteiger partial charge in [-0.3, -0.25) is 14.9 Å².